The highest BCUT2D eigenvalue weighted by Crippen LogP contribution is 2.22. The Labute approximate surface area is 122 Å². The van der Waals surface area contributed by atoms with E-state index in [9.17, 15) is 4.79 Å². The molecule has 1 saturated heterocycles. The maximum atomic E-state index is 12.5. The van der Waals surface area contributed by atoms with Crippen LogP contribution in [0.25, 0.3) is 0 Å². The zero-order valence-corrected chi connectivity index (χ0v) is 12.8. The summed E-state index contributed by atoms with van der Waals surface area (Å²) >= 11 is 0. The molecule has 1 aromatic carbocycles. The third kappa shape index (κ3) is 3.40. The Morgan fingerprint density at radius 1 is 1.15 bits per heavy atom. The molecule has 20 heavy (non-hydrogen) atoms. The van der Waals surface area contributed by atoms with E-state index in [0.29, 0.717) is 11.8 Å². The van der Waals surface area contributed by atoms with Gasteiger partial charge < -0.3 is 10.6 Å². The van der Waals surface area contributed by atoms with E-state index < -0.39 is 0 Å². The minimum Gasteiger partial charge on any atom is -0.339 e. The van der Waals surface area contributed by atoms with Crippen molar-refractivity contribution in [3.8, 4) is 0 Å². The van der Waals surface area contributed by atoms with Crippen molar-refractivity contribution in [3.63, 3.8) is 0 Å². The minimum absolute atomic E-state index is 0.156. The maximum Gasteiger partial charge on any atom is 0.253 e. The molecular weight excluding hydrogens is 248 g/mol. The molecule has 1 atom stereocenters. The third-order valence-corrected chi connectivity index (χ3v) is 4.39. The molecule has 1 fully saturated rings. The minimum atomic E-state index is 0.156. The predicted molar refractivity (Wildman–Crippen MR) is 82.8 cm³/mol. The number of hydrogen-bond donors (Lipinski definition) is 1. The second-order valence-corrected chi connectivity index (χ2v) is 6.27. The van der Waals surface area contributed by atoms with Crippen molar-refractivity contribution in [2.45, 2.75) is 45.6 Å². The van der Waals surface area contributed by atoms with Gasteiger partial charge in [-0.2, -0.15) is 0 Å². The number of amides is 1. The number of piperidine rings is 1. The average Bonchev–Trinajstić information content (AvgIpc) is 2.46. The highest BCUT2D eigenvalue weighted by atomic mass is 16.2. The van der Waals surface area contributed by atoms with Gasteiger partial charge in [-0.3, -0.25) is 4.79 Å². The smallest absolute Gasteiger partial charge is 0.253 e. The van der Waals surface area contributed by atoms with E-state index in [4.69, 9.17) is 5.73 Å². The SMILES string of the molecule is CC(C)c1ccc(C(=O)N2CCC(C(C)N)CC2)cc1. The molecule has 2 N–H and O–H groups in total. The highest BCUT2D eigenvalue weighted by Gasteiger charge is 2.25. The quantitative estimate of drug-likeness (QED) is 0.921. The lowest BCUT2D eigenvalue weighted by Gasteiger charge is -2.33. The zero-order chi connectivity index (χ0) is 14.7. The van der Waals surface area contributed by atoms with Gasteiger partial charge in [0.15, 0.2) is 0 Å². The number of likely N-dealkylation sites (tertiary alicyclic amines) is 1. The summed E-state index contributed by atoms with van der Waals surface area (Å²) in [6, 6.07) is 8.27. The van der Waals surface area contributed by atoms with E-state index in [1.165, 1.54) is 5.56 Å². The fourth-order valence-electron chi connectivity index (χ4n) is 2.82. The van der Waals surface area contributed by atoms with Crippen LogP contribution >= 0.6 is 0 Å². The Balaban J connectivity index is 1.98. The van der Waals surface area contributed by atoms with Crippen LogP contribution in [0.2, 0.25) is 0 Å². The van der Waals surface area contributed by atoms with Crippen molar-refractivity contribution in [1.82, 2.24) is 4.90 Å². The summed E-state index contributed by atoms with van der Waals surface area (Å²) in [6.45, 7) is 8.05. The summed E-state index contributed by atoms with van der Waals surface area (Å²) < 4.78 is 0. The van der Waals surface area contributed by atoms with Crippen LogP contribution in [-0.4, -0.2) is 29.9 Å². The standard InChI is InChI=1S/C17H26N2O/c1-12(2)14-4-6-16(7-5-14)17(20)19-10-8-15(9-11-19)13(3)18/h4-7,12-13,15H,8-11,18H2,1-3H3. The summed E-state index contributed by atoms with van der Waals surface area (Å²) in [4.78, 5) is 14.4. The van der Waals surface area contributed by atoms with E-state index >= 15 is 0 Å². The number of nitrogens with two attached hydrogens (primary N) is 1. The van der Waals surface area contributed by atoms with Crippen molar-refractivity contribution in [3.05, 3.63) is 35.4 Å². The lowest BCUT2D eigenvalue weighted by Crippen LogP contribution is -2.42. The molecule has 0 spiro atoms. The molecular formula is C17H26N2O. The normalized spacial score (nSPS) is 18.4. The van der Waals surface area contributed by atoms with Crippen molar-refractivity contribution < 1.29 is 4.79 Å². The van der Waals surface area contributed by atoms with E-state index in [1.807, 2.05) is 17.0 Å². The van der Waals surface area contributed by atoms with Crippen molar-refractivity contribution in [2.75, 3.05) is 13.1 Å². The summed E-state index contributed by atoms with van der Waals surface area (Å²) in [5.41, 5.74) is 8.02. The first kappa shape index (κ1) is 15.0. The molecule has 0 aliphatic carbocycles. The Morgan fingerprint density at radius 2 is 1.70 bits per heavy atom. The topological polar surface area (TPSA) is 46.3 Å². The molecule has 0 radical (unpaired) electrons. The molecule has 0 saturated carbocycles. The molecule has 1 heterocycles. The van der Waals surface area contributed by atoms with Gasteiger partial charge in [0.05, 0.1) is 0 Å². The maximum absolute atomic E-state index is 12.5. The molecule has 3 heteroatoms. The number of carbonyl (C=O) groups is 1. The number of nitrogens with zero attached hydrogens (tertiary/aromatic N) is 1. The van der Waals surface area contributed by atoms with E-state index in [0.717, 1.165) is 31.5 Å². The first-order valence-electron chi connectivity index (χ1n) is 7.64. The number of carbonyl (C=O) groups excluding carboxylic acids is 1. The number of benzene rings is 1. The molecule has 1 unspecified atom stereocenters. The van der Waals surface area contributed by atoms with Crippen LogP contribution in [-0.2, 0) is 0 Å². The molecule has 1 aliphatic heterocycles. The van der Waals surface area contributed by atoms with Crippen LogP contribution in [0, 0.1) is 5.92 Å². The van der Waals surface area contributed by atoms with E-state index in [1.54, 1.807) is 0 Å². The largest absolute Gasteiger partial charge is 0.339 e. The van der Waals surface area contributed by atoms with Gasteiger partial charge in [0.1, 0.15) is 0 Å². The molecule has 1 aliphatic rings. The van der Waals surface area contributed by atoms with Gasteiger partial charge in [-0.05, 0) is 49.3 Å². The van der Waals surface area contributed by atoms with Gasteiger partial charge in [0, 0.05) is 24.7 Å². The number of hydrogen-bond acceptors (Lipinski definition) is 2. The van der Waals surface area contributed by atoms with Crippen molar-refractivity contribution >= 4 is 5.91 Å². The predicted octanol–water partition coefficient (Wildman–Crippen LogP) is 3.01. The van der Waals surface area contributed by atoms with Gasteiger partial charge in [-0.15, -0.1) is 0 Å². The van der Waals surface area contributed by atoms with Gasteiger partial charge in [0.2, 0.25) is 0 Å². The van der Waals surface area contributed by atoms with Crippen LogP contribution in [0.1, 0.15) is 55.5 Å². The lowest BCUT2D eigenvalue weighted by molar-refractivity contribution is 0.0681. The summed E-state index contributed by atoms with van der Waals surface area (Å²) in [5.74, 6) is 1.21. The Kier molecular flexibility index (Phi) is 4.81. The lowest BCUT2D eigenvalue weighted by atomic mass is 9.90. The molecule has 3 nitrogen and oxygen atoms in total. The third-order valence-electron chi connectivity index (χ3n) is 4.39. The van der Waals surface area contributed by atoms with E-state index in [-0.39, 0.29) is 11.9 Å². The Bertz CT molecular complexity index is 443. The van der Waals surface area contributed by atoms with Crippen molar-refractivity contribution in [2.24, 2.45) is 11.7 Å². The summed E-state index contributed by atoms with van der Waals surface area (Å²) in [6.07, 6.45) is 2.04. The highest BCUT2D eigenvalue weighted by molar-refractivity contribution is 5.94. The van der Waals surface area contributed by atoms with Gasteiger partial charge in [-0.25, -0.2) is 0 Å². The summed E-state index contributed by atoms with van der Waals surface area (Å²) in [7, 11) is 0. The summed E-state index contributed by atoms with van der Waals surface area (Å²) in [5, 5.41) is 0. The van der Waals surface area contributed by atoms with Gasteiger partial charge in [-0.1, -0.05) is 26.0 Å². The molecule has 110 valence electrons. The second-order valence-electron chi connectivity index (χ2n) is 6.27. The Hall–Kier alpha value is -1.35. The van der Waals surface area contributed by atoms with Gasteiger partial charge >= 0.3 is 0 Å². The zero-order valence-electron chi connectivity index (χ0n) is 12.8. The van der Waals surface area contributed by atoms with Gasteiger partial charge in [0.25, 0.3) is 5.91 Å². The molecule has 2 rings (SSSR count). The van der Waals surface area contributed by atoms with Crippen LogP contribution in [0.5, 0.6) is 0 Å². The van der Waals surface area contributed by atoms with Crippen LogP contribution in [0.3, 0.4) is 0 Å². The van der Waals surface area contributed by atoms with Crippen LogP contribution in [0.15, 0.2) is 24.3 Å². The monoisotopic (exact) mass is 274 g/mol. The van der Waals surface area contributed by atoms with E-state index in [2.05, 4.69) is 32.9 Å². The molecule has 1 aromatic rings. The second kappa shape index (κ2) is 6.40. The van der Waals surface area contributed by atoms with Crippen molar-refractivity contribution in [1.29, 1.82) is 0 Å². The average molecular weight is 274 g/mol. The molecule has 0 bridgehead atoms. The fraction of sp³-hybridized carbons (Fsp3) is 0.588. The van der Waals surface area contributed by atoms with Crippen LogP contribution < -0.4 is 5.73 Å². The first-order valence-corrected chi connectivity index (χ1v) is 7.64. The Morgan fingerprint density at radius 3 is 2.15 bits per heavy atom. The first-order chi connectivity index (χ1) is 9.49. The molecule has 1 amide bonds. The fourth-order valence-corrected chi connectivity index (χ4v) is 2.82. The number of rotatable bonds is 3. The van der Waals surface area contributed by atoms with Crippen LogP contribution in [0.4, 0.5) is 0 Å². The molecule has 0 aromatic heterocycles.